The summed E-state index contributed by atoms with van der Waals surface area (Å²) in [6.45, 7) is 2.62. The van der Waals surface area contributed by atoms with Crippen LogP contribution in [0.25, 0.3) is 0 Å². The molecule has 0 aliphatic heterocycles. The lowest BCUT2D eigenvalue weighted by Crippen LogP contribution is -1.97. The van der Waals surface area contributed by atoms with Gasteiger partial charge in [-0.25, -0.2) is 4.98 Å². The maximum absolute atomic E-state index is 5.47. The molecule has 74 valence electrons. The molecule has 0 radical (unpaired) electrons. The number of H-pyrrole nitrogens is 1. The van der Waals surface area contributed by atoms with Crippen molar-refractivity contribution in [1.82, 2.24) is 14.5 Å². The molecule has 0 fully saturated rings. The molecule has 5 heteroatoms. The number of hydrogen-bond acceptors (Lipinski definition) is 3. The zero-order valence-corrected chi connectivity index (χ0v) is 8.67. The topological polar surface area (TPSA) is 46.8 Å². The van der Waals surface area contributed by atoms with E-state index < -0.39 is 0 Å². The number of hydrogen-bond donors (Lipinski definition) is 1. The van der Waals surface area contributed by atoms with Crippen molar-refractivity contribution in [3.8, 4) is 0 Å². The van der Waals surface area contributed by atoms with Crippen LogP contribution in [0.1, 0.15) is 18.6 Å². The zero-order chi connectivity index (χ0) is 9.97. The first-order chi connectivity index (χ1) is 6.79. The Balaban J connectivity index is 2.19. The summed E-state index contributed by atoms with van der Waals surface area (Å²) >= 11 is 5.06. The number of aromatic amines is 1. The molecule has 2 heterocycles. The molecule has 0 amide bonds. The maximum atomic E-state index is 5.47. The van der Waals surface area contributed by atoms with E-state index in [4.69, 9.17) is 16.6 Å². The first-order valence-electron chi connectivity index (χ1n) is 4.47. The van der Waals surface area contributed by atoms with Crippen molar-refractivity contribution in [3.05, 3.63) is 35.0 Å². The monoisotopic (exact) mass is 209 g/mol. The fourth-order valence-corrected chi connectivity index (χ4v) is 1.40. The lowest BCUT2D eigenvalue weighted by Gasteiger charge is -1.96. The van der Waals surface area contributed by atoms with Gasteiger partial charge in [-0.1, -0.05) is 6.92 Å². The number of aromatic nitrogens is 3. The number of nitrogens with one attached hydrogen (secondary N) is 1. The van der Waals surface area contributed by atoms with E-state index in [-0.39, 0.29) is 0 Å². The van der Waals surface area contributed by atoms with E-state index in [1.807, 2.05) is 17.7 Å². The van der Waals surface area contributed by atoms with Crippen LogP contribution >= 0.6 is 12.2 Å². The van der Waals surface area contributed by atoms with E-state index in [1.165, 1.54) is 0 Å². The summed E-state index contributed by atoms with van der Waals surface area (Å²) in [4.78, 5) is 7.07. The molecule has 2 aromatic rings. The van der Waals surface area contributed by atoms with Crippen LogP contribution in [-0.4, -0.2) is 14.5 Å². The Morgan fingerprint density at radius 2 is 2.50 bits per heavy atom. The molecule has 0 saturated heterocycles. The number of aryl methyl sites for hydroxylation is 1. The van der Waals surface area contributed by atoms with Crippen LogP contribution < -0.4 is 0 Å². The summed E-state index contributed by atoms with van der Waals surface area (Å²) in [5.41, 5.74) is 0. The molecule has 0 unspecified atom stereocenters. The minimum atomic E-state index is 0.586. The van der Waals surface area contributed by atoms with Crippen molar-refractivity contribution in [1.29, 1.82) is 0 Å². The third kappa shape index (κ3) is 1.77. The second-order valence-corrected chi connectivity index (χ2v) is 3.35. The maximum Gasteiger partial charge on any atom is 0.214 e. The molecule has 4 nitrogen and oxygen atoms in total. The van der Waals surface area contributed by atoms with E-state index in [0.717, 1.165) is 12.2 Å². The Labute approximate surface area is 86.6 Å². The van der Waals surface area contributed by atoms with Gasteiger partial charge in [-0.3, -0.25) is 0 Å². The summed E-state index contributed by atoms with van der Waals surface area (Å²) in [5.74, 6) is 1.60. The lowest BCUT2D eigenvalue weighted by molar-refractivity contribution is 0.445. The highest BCUT2D eigenvalue weighted by Crippen LogP contribution is 2.06. The first-order valence-corrected chi connectivity index (χ1v) is 4.88. The molecule has 0 aliphatic rings. The molecule has 0 aromatic carbocycles. The van der Waals surface area contributed by atoms with Gasteiger partial charge in [0, 0.05) is 18.8 Å². The van der Waals surface area contributed by atoms with E-state index in [9.17, 15) is 0 Å². The Kier molecular flexibility index (Phi) is 2.49. The Morgan fingerprint density at radius 1 is 1.64 bits per heavy atom. The van der Waals surface area contributed by atoms with Gasteiger partial charge in [0.25, 0.3) is 0 Å². The van der Waals surface area contributed by atoms with Crippen LogP contribution in [0.15, 0.2) is 23.0 Å². The molecule has 2 rings (SSSR count). The highest BCUT2D eigenvalue weighted by molar-refractivity contribution is 7.71. The summed E-state index contributed by atoms with van der Waals surface area (Å²) in [6.07, 6.45) is 6.29. The van der Waals surface area contributed by atoms with E-state index in [1.54, 1.807) is 12.4 Å². The first kappa shape index (κ1) is 9.21. The largest absolute Gasteiger partial charge is 0.444 e. The van der Waals surface area contributed by atoms with Crippen LogP contribution in [-0.2, 0) is 13.0 Å². The lowest BCUT2D eigenvalue weighted by atomic mass is 10.4. The van der Waals surface area contributed by atoms with Crippen molar-refractivity contribution in [2.75, 3.05) is 0 Å². The molecule has 1 N–H and O–H groups in total. The molecule has 14 heavy (non-hydrogen) atoms. The SMILES string of the molecule is CCc1cnc(Cn2cc[nH]c2=S)o1. The number of rotatable bonds is 3. The van der Waals surface area contributed by atoms with Crippen LogP contribution in [0.3, 0.4) is 0 Å². The smallest absolute Gasteiger partial charge is 0.214 e. The average Bonchev–Trinajstić information content (AvgIpc) is 2.77. The Morgan fingerprint density at radius 3 is 3.07 bits per heavy atom. The van der Waals surface area contributed by atoms with Gasteiger partial charge in [0.2, 0.25) is 5.89 Å². The van der Waals surface area contributed by atoms with Crippen LogP contribution in [0, 0.1) is 4.77 Å². The van der Waals surface area contributed by atoms with Crippen molar-refractivity contribution in [3.63, 3.8) is 0 Å². The zero-order valence-electron chi connectivity index (χ0n) is 7.86. The van der Waals surface area contributed by atoms with Crippen molar-refractivity contribution in [2.45, 2.75) is 19.9 Å². The molecule has 0 atom stereocenters. The molecule has 0 bridgehead atoms. The fraction of sp³-hybridized carbons (Fsp3) is 0.333. The molecular weight excluding hydrogens is 198 g/mol. The Bertz CT molecular complexity index is 468. The van der Waals surface area contributed by atoms with Crippen LogP contribution in [0.2, 0.25) is 0 Å². The Hall–Kier alpha value is -1.36. The van der Waals surface area contributed by atoms with Crippen molar-refractivity contribution in [2.24, 2.45) is 0 Å². The minimum Gasteiger partial charge on any atom is -0.444 e. The summed E-state index contributed by atoms with van der Waals surface area (Å²) in [5, 5.41) is 0. The van der Waals surface area contributed by atoms with Gasteiger partial charge >= 0.3 is 0 Å². The third-order valence-electron chi connectivity index (χ3n) is 1.98. The second kappa shape index (κ2) is 3.79. The molecule has 0 saturated carbocycles. The number of imidazole rings is 1. The quantitative estimate of drug-likeness (QED) is 0.788. The highest BCUT2D eigenvalue weighted by atomic mass is 32.1. The van der Waals surface area contributed by atoms with E-state index >= 15 is 0 Å². The standard InChI is InChI=1S/C9H11N3OS/c1-2-7-5-11-8(13-7)6-12-4-3-10-9(12)14/h3-5H,2,6H2,1H3,(H,10,14). The average molecular weight is 209 g/mol. The summed E-state index contributed by atoms with van der Waals surface area (Å²) < 4.78 is 8.03. The van der Waals surface area contributed by atoms with Gasteiger partial charge in [0.1, 0.15) is 12.3 Å². The van der Waals surface area contributed by atoms with Crippen molar-refractivity contribution < 1.29 is 4.42 Å². The second-order valence-electron chi connectivity index (χ2n) is 2.97. The van der Waals surface area contributed by atoms with Gasteiger partial charge in [0.05, 0.1) is 6.20 Å². The summed E-state index contributed by atoms with van der Waals surface area (Å²) in [6, 6.07) is 0. The van der Waals surface area contributed by atoms with E-state index in [2.05, 4.69) is 9.97 Å². The summed E-state index contributed by atoms with van der Waals surface area (Å²) in [7, 11) is 0. The molecule has 0 aliphatic carbocycles. The predicted octanol–water partition coefficient (Wildman–Crippen LogP) is 2.14. The molecule has 2 aromatic heterocycles. The molecule has 0 spiro atoms. The van der Waals surface area contributed by atoms with Gasteiger partial charge in [0.15, 0.2) is 4.77 Å². The van der Waals surface area contributed by atoms with Crippen molar-refractivity contribution >= 4 is 12.2 Å². The third-order valence-corrected chi connectivity index (χ3v) is 2.33. The predicted molar refractivity (Wildman–Crippen MR) is 54.6 cm³/mol. The van der Waals surface area contributed by atoms with Gasteiger partial charge in [-0.05, 0) is 12.2 Å². The number of nitrogens with zero attached hydrogens (tertiary/aromatic N) is 2. The van der Waals surface area contributed by atoms with Crippen LogP contribution in [0.5, 0.6) is 0 Å². The van der Waals surface area contributed by atoms with Gasteiger partial charge in [-0.2, -0.15) is 0 Å². The van der Waals surface area contributed by atoms with E-state index in [0.29, 0.717) is 17.2 Å². The number of oxazole rings is 1. The normalized spacial score (nSPS) is 10.6. The van der Waals surface area contributed by atoms with Gasteiger partial charge in [-0.15, -0.1) is 0 Å². The minimum absolute atomic E-state index is 0.586. The van der Waals surface area contributed by atoms with Crippen LogP contribution in [0.4, 0.5) is 0 Å². The fourth-order valence-electron chi connectivity index (χ4n) is 1.20. The van der Waals surface area contributed by atoms with Gasteiger partial charge < -0.3 is 14.0 Å². The molecular formula is C9H11N3OS. The highest BCUT2D eigenvalue weighted by Gasteiger charge is 2.03.